The van der Waals surface area contributed by atoms with Crippen LogP contribution in [0.4, 0.5) is 4.39 Å². The Morgan fingerprint density at radius 1 is 1.50 bits per heavy atom. The van der Waals surface area contributed by atoms with Crippen molar-refractivity contribution in [2.24, 2.45) is 0 Å². The lowest BCUT2D eigenvalue weighted by atomic mass is 9.91. The minimum Gasteiger partial charge on any atom is -0.481 e. The molecule has 6 heteroatoms. The third-order valence-corrected chi connectivity index (χ3v) is 4.81. The van der Waals surface area contributed by atoms with Crippen LogP contribution in [0.1, 0.15) is 29.3 Å². The number of thiazole rings is 1. The Morgan fingerprint density at radius 3 is 3.00 bits per heavy atom. The highest BCUT2D eigenvalue weighted by Crippen LogP contribution is 2.39. The van der Waals surface area contributed by atoms with Gasteiger partial charge in [-0.15, -0.1) is 11.3 Å². The second-order valence-electron chi connectivity index (χ2n) is 4.73. The number of halogens is 2. The number of hydrogen-bond acceptors (Lipinski definition) is 3. The van der Waals surface area contributed by atoms with Gasteiger partial charge >= 0.3 is 5.97 Å². The van der Waals surface area contributed by atoms with Gasteiger partial charge in [0.1, 0.15) is 10.8 Å². The molecule has 0 saturated carbocycles. The van der Waals surface area contributed by atoms with Crippen molar-refractivity contribution < 1.29 is 14.3 Å². The van der Waals surface area contributed by atoms with Gasteiger partial charge in [0.25, 0.3) is 0 Å². The van der Waals surface area contributed by atoms with Crippen LogP contribution in [-0.4, -0.2) is 16.1 Å². The van der Waals surface area contributed by atoms with Crippen LogP contribution in [0.2, 0.25) is 5.02 Å². The van der Waals surface area contributed by atoms with Gasteiger partial charge in [-0.1, -0.05) is 11.6 Å². The maximum Gasteiger partial charge on any atom is 0.312 e. The molecule has 0 bridgehead atoms. The van der Waals surface area contributed by atoms with Crippen LogP contribution >= 0.6 is 22.9 Å². The minimum atomic E-state index is -0.862. The van der Waals surface area contributed by atoms with Gasteiger partial charge in [-0.3, -0.25) is 4.79 Å². The molecule has 0 amide bonds. The average molecular weight is 312 g/mol. The van der Waals surface area contributed by atoms with Gasteiger partial charge in [-0.2, -0.15) is 0 Å². The van der Waals surface area contributed by atoms with Crippen molar-refractivity contribution in [3.63, 3.8) is 0 Å². The summed E-state index contributed by atoms with van der Waals surface area (Å²) in [5.74, 6) is -1.87. The van der Waals surface area contributed by atoms with Crippen molar-refractivity contribution in [1.82, 2.24) is 4.98 Å². The van der Waals surface area contributed by atoms with Gasteiger partial charge in [0.15, 0.2) is 0 Å². The summed E-state index contributed by atoms with van der Waals surface area (Å²) in [7, 11) is 0. The summed E-state index contributed by atoms with van der Waals surface area (Å²) >= 11 is 7.11. The second kappa shape index (κ2) is 5.14. The van der Waals surface area contributed by atoms with Crippen LogP contribution in [0.25, 0.3) is 10.6 Å². The van der Waals surface area contributed by atoms with Gasteiger partial charge in [-0.25, -0.2) is 9.37 Å². The van der Waals surface area contributed by atoms with E-state index >= 15 is 0 Å². The number of carbonyl (C=O) groups is 1. The van der Waals surface area contributed by atoms with Gasteiger partial charge in [0.2, 0.25) is 0 Å². The quantitative estimate of drug-likeness (QED) is 0.908. The molecule has 1 aliphatic carbocycles. The van der Waals surface area contributed by atoms with Crippen molar-refractivity contribution in [2.45, 2.75) is 25.2 Å². The monoisotopic (exact) mass is 311 g/mol. The van der Waals surface area contributed by atoms with Crippen LogP contribution in [0.15, 0.2) is 18.2 Å². The van der Waals surface area contributed by atoms with E-state index in [0.29, 0.717) is 27.7 Å². The van der Waals surface area contributed by atoms with Gasteiger partial charge < -0.3 is 5.11 Å². The zero-order valence-corrected chi connectivity index (χ0v) is 12.0. The van der Waals surface area contributed by atoms with E-state index in [1.807, 2.05) is 0 Å². The van der Waals surface area contributed by atoms with E-state index in [4.69, 9.17) is 11.6 Å². The predicted molar refractivity (Wildman–Crippen MR) is 75.8 cm³/mol. The molecule has 1 unspecified atom stereocenters. The number of aryl methyl sites for hydroxylation is 1. The Morgan fingerprint density at radius 2 is 2.30 bits per heavy atom. The summed E-state index contributed by atoms with van der Waals surface area (Å²) in [6.45, 7) is 0. The second-order valence-corrected chi connectivity index (χ2v) is 6.25. The van der Waals surface area contributed by atoms with Gasteiger partial charge in [0.05, 0.1) is 11.6 Å². The molecule has 0 radical (unpaired) electrons. The third-order valence-electron chi connectivity index (χ3n) is 3.41. The number of rotatable bonds is 2. The molecule has 3 rings (SSSR count). The van der Waals surface area contributed by atoms with Crippen molar-refractivity contribution >= 4 is 28.9 Å². The van der Waals surface area contributed by atoms with E-state index in [2.05, 4.69) is 4.98 Å². The van der Waals surface area contributed by atoms with E-state index in [0.717, 1.165) is 17.7 Å². The van der Waals surface area contributed by atoms with Crippen LogP contribution < -0.4 is 0 Å². The summed E-state index contributed by atoms with van der Waals surface area (Å²) in [5.41, 5.74) is 0.969. The summed E-state index contributed by atoms with van der Waals surface area (Å²) < 4.78 is 13.9. The molecule has 1 N–H and O–H groups in total. The molecule has 1 aromatic heterocycles. The van der Waals surface area contributed by atoms with Crippen molar-refractivity contribution in [3.05, 3.63) is 39.6 Å². The zero-order chi connectivity index (χ0) is 14.3. The fourth-order valence-electron chi connectivity index (χ4n) is 2.44. The summed E-state index contributed by atoms with van der Waals surface area (Å²) in [5, 5.41) is 10.1. The summed E-state index contributed by atoms with van der Waals surface area (Å²) in [6.07, 6.45) is 2.23. The molecule has 0 aliphatic heterocycles. The first-order valence-corrected chi connectivity index (χ1v) is 7.43. The zero-order valence-electron chi connectivity index (χ0n) is 10.4. The fraction of sp³-hybridized carbons (Fsp3) is 0.286. The number of benzene rings is 1. The van der Waals surface area contributed by atoms with Crippen LogP contribution in [0.5, 0.6) is 0 Å². The smallest absolute Gasteiger partial charge is 0.312 e. The highest BCUT2D eigenvalue weighted by Gasteiger charge is 2.30. The van der Waals surface area contributed by atoms with Crippen LogP contribution in [0.3, 0.4) is 0 Å². The molecule has 2 aromatic rings. The third kappa shape index (κ3) is 2.31. The Labute approximate surface area is 124 Å². The lowest BCUT2D eigenvalue weighted by Gasteiger charge is -2.16. The highest BCUT2D eigenvalue weighted by molar-refractivity contribution is 7.15. The molecule has 1 heterocycles. The Bertz CT molecular complexity index is 686. The molecule has 3 nitrogen and oxygen atoms in total. The SMILES string of the molecule is O=C(O)C1CCCc2sc(-c3ccc(Cl)cc3F)nc21. The summed E-state index contributed by atoms with van der Waals surface area (Å²) in [4.78, 5) is 16.6. The predicted octanol–water partition coefficient (Wildman–Crippen LogP) is 4.11. The molecular formula is C14H11ClFNO2S. The molecule has 0 spiro atoms. The number of nitrogens with zero attached hydrogens (tertiary/aromatic N) is 1. The molecule has 0 saturated heterocycles. The van der Waals surface area contributed by atoms with Crippen LogP contribution in [0, 0.1) is 5.82 Å². The molecule has 1 atom stereocenters. The van der Waals surface area contributed by atoms with E-state index < -0.39 is 17.7 Å². The largest absolute Gasteiger partial charge is 0.481 e. The number of hydrogen-bond donors (Lipinski definition) is 1. The Kier molecular flexibility index (Phi) is 3.48. The van der Waals surface area contributed by atoms with E-state index in [1.54, 1.807) is 12.1 Å². The van der Waals surface area contributed by atoms with Crippen molar-refractivity contribution in [1.29, 1.82) is 0 Å². The maximum atomic E-state index is 13.9. The van der Waals surface area contributed by atoms with Crippen molar-refractivity contribution in [2.75, 3.05) is 0 Å². The van der Waals surface area contributed by atoms with Crippen LogP contribution in [-0.2, 0) is 11.2 Å². The Balaban J connectivity index is 2.07. The molecular weight excluding hydrogens is 301 g/mol. The average Bonchev–Trinajstić information content (AvgIpc) is 2.81. The lowest BCUT2D eigenvalue weighted by molar-refractivity contribution is -0.139. The first-order chi connectivity index (χ1) is 9.56. The van der Waals surface area contributed by atoms with Gasteiger partial charge in [-0.05, 0) is 37.5 Å². The maximum absolute atomic E-state index is 13.9. The lowest BCUT2D eigenvalue weighted by Crippen LogP contribution is -2.17. The fourth-order valence-corrected chi connectivity index (χ4v) is 3.79. The molecule has 1 aliphatic rings. The topological polar surface area (TPSA) is 50.2 Å². The molecule has 1 aromatic carbocycles. The van der Waals surface area contributed by atoms with E-state index in [-0.39, 0.29) is 0 Å². The van der Waals surface area contributed by atoms with Crippen molar-refractivity contribution in [3.8, 4) is 10.6 Å². The van der Waals surface area contributed by atoms with E-state index in [9.17, 15) is 14.3 Å². The number of carboxylic acids is 1. The standard InChI is InChI=1S/C14H11ClFNO2S/c15-7-4-5-8(10(16)6-7)13-17-12-9(14(18)19)2-1-3-11(12)20-13/h4-6,9H,1-3H2,(H,18,19). The number of fused-ring (bicyclic) bond motifs is 1. The first-order valence-electron chi connectivity index (χ1n) is 6.24. The number of aromatic nitrogens is 1. The highest BCUT2D eigenvalue weighted by atomic mass is 35.5. The number of aliphatic carboxylic acids is 1. The number of carboxylic acid groups (broad SMARTS) is 1. The first kappa shape index (κ1) is 13.5. The molecule has 20 heavy (non-hydrogen) atoms. The molecule has 0 fully saturated rings. The minimum absolute atomic E-state index is 0.330. The van der Waals surface area contributed by atoms with E-state index in [1.165, 1.54) is 17.4 Å². The Hall–Kier alpha value is -1.46. The molecule has 104 valence electrons. The van der Waals surface area contributed by atoms with Gasteiger partial charge in [0, 0.05) is 15.5 Å². The summed E-state index contributed by atoms with van der Waals surface area (Å²) in [6, 6.07) is 4.43. The normalized spacial score (nSPS) is 17.8.